The van der Waals surface area contributed by atoms with Crippen LogP contribution in [0.2, 0.25) is 5.02 Å². The normalized spacial score (nSPS) is 12.4. The summed E-state index contributed by atoms with van der Waals surface area (Å²) in [5, 5.41) is 3.46. The van der Waals surface area contributed by atoms with Crippen molar-refractivity contribution in [1.82, 2.24) is 5.32 Å². The van der Waals surface area contributed by atoms with Crippen LogP contribution in [0.25, 0.3) is 0 Å². The van der Waals surface area contributed by atoms with Crippen LogP contribution in [0, 0.1) is 5.82 Å². The van der Waals surface area contributed by atoms with Gasteiger partial charge in [0.2, 0.25) is 0 Å². The van der Waals surface area contributed by atoms with Crippen molar-refractivity contribution in [2.45, 2.75) is 24.3 Å². The lowest BCUT2D eigenvalue weighted by Crippen LogP contribution is -2.18. The molecule has 0 saturated heterocycles. The van der Waals surface area contributed by atoms with Gasteiger partial charge in [-0.25, -0.2) is 4.39 Å². The van der Waals surface area contributed by atoms with Crippen molar-refractivity contribution < 1.29 is 4.39 Å². The first-order valence-corrected chi connectivity index (χ1v) is 8.34. The largest absolute Gasteiger partial charge is 0.313 e. The average molecular weight is 324 g/mol. The van der Waals surface area contributed by atoms with E-state index in [1.54, 1.807) is 6.07 Å². The van der Waals surface area contributed by atoms with E-state index in [9.17, 15) is 4.39 Å². The highest BCUT2D eigenvalue weighted by molar-refractivity contribution is 7.99. The zero-order valence-electron chi connectivity index (χ0n) is 12.2. The van der Waals surface area contributed by atoms with E-state index >= 15 is 0 Å². The van der Waals surface area contributed by atoms with Gasteiger partial charge in [0.15, 0.2) is 0 Å². The van der Waals surface area contributed by atoms with Gasteiger partial charge < -0.3 is 5.32 Å². The lowest BCUT2D eigenvalue weighted by molar-refractivity contribution is 0.584. The average Bonchev–Trinajstić information content (AvgIpc) is 2.50. The molecule has 2 aromatic rings. The standard InChI is InChI=1S/C17H19ClFNS/c1-3-21-14-7-5-13(6-8-14)17(20-2)11-12-4-9-15(18)16(19)10-12/h4-10,17,20H,3,11H2,1-2H3. The van der Waals surface area contributed by atoms with Crippen molar-refractivity contribution in [2.75, 3.05) is 12.8 Å². The van der Waals surface area contributed by atoms with Crippen LogP contribution in [0.1, 0.15) is 24.1 Å². The Balaban J connectivity index is 2.13. The van der Waals surface area contributed by atoms with E-state index in [0.717, 1.165) is 17.7 Å². The van der Waals surface area contributed by atoms with Crippen molar-refractivity contribution in [2.24, 2.45) is 0 Å². The minimum absolute atomic E-state index is 0.159. The van der Waals surface area contributed by atoms with Gasteiger partial charge in [0.1, 0.15) is 5.82 Å². The fraction of sp³-hybridized carbons (Fsp3) is 0.294. The number of benzene rings is 2. The zero-order chi connectivity index (χ0) is 15.2. The minimum Gasteiger partial charge on any atom is -0.313 e. The van der Waals surface area contributed by atoms with E-state index in [2.05, 4.69) is 36.5 Å². The van der Waals surface area contributed by atoms with Crippen molar-refractivity contribution in [3.8, 4) is 0 Å². The highest BCUT2D eigenvalue weighted by Crippen LogP contribution is 2.24. The molecule has 4 heteroatoms. The van der Waals surface area contributed by atoms with Crippen LogP contribution in [0.5, 0.6) is 0 Å². The number of likely N-dealkylation sites (N-methyl/N-ethyl adjacent to an activating group) is 1. The number of rotatable bonds is 6. The number of nitrogens with one attached hydrogen (secondary N) is 1. The van der Waals surface area contributed by atoms with Crippen molar-refractivity contribution in [3.05, 3.63) is 64.4 Å². The van der Waals surface area contributed by atoms with E-state index in [1.807, 2.05) is 24.9 Å². The highest BCUT2D eigenvalue weighted by Gasteiger charge is 2.11. The molecule has 1 N–H and O–H groups in total. The molecule has 21 heavy (non-hydrogen) atoms. The lowest BCUT2D eigenvalue weighted by Gasteiger charge is -2.17. The molecule has 0 saturated carbocycles. The Kier molecular flexibility index (Phi) is 6.09. The molecule has 1 unspecified atom stereocenters. The van der Waals surface area contributed by atoms with Crippen LogP contribution in [0.4, 0.5) is 4.39 Å². The van der Waals surface area contributed by atoms with E-state index < -0.39 is 0 Å². The Bertz CT molecular complexity index is 586. The van der Waals surface area contributed by atoms with Crippen LogP contribution >= 0.6 is 23.4 Å². The van der Waals surface area contributed by atoms with Gasteiger partial charge in [-0.15, -0.1) is 11.8 Å². The van der Waals surface area contributed by atoms with Crippen LogP contribution in [0.15, 0.2) is 47.4 Å². The van der Waals surface area contributed by atoms with Gasteiger partial charge in [-0.3, -0.25) is 0 Å². The van der Waals surface area contributed by atoms with Gasteiger partial charge in [-0.2, -0.15) is 0 Å². The number of thioether (sulfide) groups is 1. The Morgan fingerprint density at radius 1 is 1.19 bits per heavy atom. The second kappa shape index (κ2) is 7.83. The summed E-state index contributed by atoms with van der Waals surface area (Å²) < 4.78 is 13.5. The van der Waals surface area contributed by atoms with E-state index in [1.165, 1.54) is 16.5 Å². The summed E-state index contributed by atoms with van der Waals surface area (Å²) in [5.41, 5.74) is 2.14. The summed E-state index contributed by atoms with van der Waals surface area (Å²) in [6.07, 6.45) is 0.727. The third-order valence-electron chi connectivity index (χ3n) is 3.37. The molecular formula is C17H19ClFNS. The summed E-state index contributed by atoms with van der Waals surface area (Å²) >= 11 is 7.55. The molecule has 1 nitrogen and oxygen atoms in total. The maximum absolute atomic E-state index is 13.5. The van der Waals surface area contributed by atoms with Crippen molar-refractivity contribution in [1.29, 1.82) is 0 Å². The van der Waals surface area contributed by atoms with Gasteiger partial charge in [0.05, 0.1) is 5.02 Å². The minimum atomic E-state index is -0.362. The first-order chi connectivity index (χ1) is 10.1. The lowest BCUT2D eigenvalue weighted by atomic mass is 9.99. The Hall–Kier alpha value is -1.03. The van der Waals surface area contributed by atoms with Crippen LogP contribution in [-0.2, 0) is 6.42 Å². The van der Waals surface area contributed by atoms with Gasteiger partial charge in [-0.1, -0.05) is 36.7 Å². The number of hydrogen-bond acceptors (Lipinski definition) is 2. The molecular weight excluding hydrogens is 305 g/mol. The summed E-state index contributed by atoms with van der Waals surface area (Å²) in [4.78, 5) is 1.27. The monoisotopic (exact) mass is 323 g/mol. The predicted octanol–water partition coefficient (Wildman–Crippen LogP) is 5.09. The molecule has 0 amide bonds. The van der Waals surface area contributed by atoms with E-state index in [-0.39, 0.29) is 16.9 Å². The molecule has 2 aromatic carbocycles. The van der Waals surface area contributed by atoms with Crippen molar-refractivity contribution in [3.63, 3.8) is 0 Å². The molecule has 0 fully saturated rings. The van der Waals surface area contributed by atoms with Crippen LogP contribution in [0.3, 0.4) is 0 Å². The van der Waals surface area contributed by atoms with Crippen LogP contribution < -0.4 is 5.32 Å². The zero-order valence-corrected chi connectivity index (χ0v) is 13.8. The Morgan fingerprint density at radius 2 is 1.90 bits per heavy atom. The second-order valence-electron chi connectivity index (χ2n) is 4.80. The molecule has 0 aromatic heterocycles. The number of hydrogen-bond donors (Lipinski definition) is 1. The van der Waals surface area contributed by atoms with E-state index in [4.69, 9.17) is 11.6 Å². The summed E-state index contributed by atoms with van der Waals surface area (Å²) in [6, 6.07) is 13.7. The second-order valence-corrected chi connectivity index (χ2v) is 6.54. The number of halogens is 2. The molecule has 0 bridgehead atoms. The fourth-order valence-corrected chi connectivity index (χ4v) is 3.03. The van der Waals surface area contributed by atoms with Gasteiger partial charge in [-0.05, 0) is 54.6 Å². The summed E-state index contributed by atoms with van der Waals surface area (Å²) in [5.74, 6) is 0.706. The topological polar surface area (TPSA) is 12.0 Å². The molecule has 0 radical (unpaired) electrons. The quantitative estimate of drug-likeness (QED) is 0.743. The maximum atomic E-state index is 13.5. The maximum Gasteiger partial charge on any atom is 0.142 e. The SMILES string of the molecule is CCSc1ccc(C(Cc2ccc(Cl)c(F)c2)NC)cc1. The third-order valence-corrected chi connectivity index (χ3v) is 4.57. The van der Waals surface area contributed by atoms with Crippen molar-refractivity contribution >= 4 is 23.4 Å². The third kappa shape index (κ3) is 4.47. The molecule has 112 valence electrons. The highest BCUT2D eigenvalue weighted by atomic mass is 35.5. The predicted molar refractivity (Wildman–Crippen MR) is 89.8 cm³/mol. The molecule has 0 heterocycles. The molecule has 0 aliphatic heterocycles. The first-order valence-electron chi connectivity index (χ1n) is 6.98. The van der Waals surface area contributed by atoms with Crippen LogP contribution in [-0.4, -0.2) is 12.8 Å². The van der Waals surface area contributed by atoms with E-state index in [0.29, 0.717) is 0 Å². The molecule has 0 spiro atoms. The molecule has 1 atom stereocenters. The molecule has 2 rings (SSSR count). The summed E-state index contributed by atoms with van der Waals surface area (Å²) in [6.45, 7) is 2.14. The van der Waals surface area contributed by atoms with Gasteiger partial charge >= 0.3 is 0 Å². The Labute approximate surface area is 134 Å². The summed E-state index contributed by atoms with van der Waals surface area (Å²) in [7, 11) is 1.92. The van der Waals surface area contributed by atoms with Gasteiger partial charge in [0, 0.05) is 10.9 Å². The fourth-order valence-electron chi connectivity index (χ4n) is 2.25. The molecule has 0 aliphatic rings. The van der Waals surface area contributed by atoms with Gasteiger partial charge in [0.25, 0.3) is 0 Å². The smallest absolute Gasteiger partial charge is 0.142 e. The Morgan fingerprint density at radius 3 is 2.48 bits per heavy atom. The molecule has 0 aliphatic carbocycles. The first kappa shape index (κ1) is 16.3.